The largest absolute Gasteiger partial charge is 0.474 e. The lowest BCUT2D eigenvalue weighted by atomic mass is 10.1. The van der Waals surface area contributed by atoms with Crippen LogP contribution in [0.15, 0.2) is 24.3 Å². The molecule has 0 aromatic heterocycles. The van der Waals surface area contributed by atoms with Gasteiger partial charge in [0.2, 0.25) is 0 Å². The molecule has 5 nitrogen and oxygen atoms in total. The van der Waals surface area contributed by atoms with Crippen LogP contribution in [0.1, 0.15) is 194 Å². The number of nitrogens with zero attached hydrogens (tertiary/aromatic N) is 1. The molecule has 0 aliphatic rings. The molecule has 0 unspecified atom stereocenters. The Labute approximate surface area is 288 Å². The number of phosphoric acid groups is 1. The predicted molar refractivity (Wildman–Crippen MR) is 203 cm³/mol. The van der Waals surface area contributed by atoms with Crippen molar-refractivity contribution in [2.75, 3.05) is 40.5 Å². The molecule has 6 heteroatoms. The van der Waals surface area contributed by atoms with Crippen LogP contribution >= 0.6 is 7.82 Å². The van der Waals surface area contributed by atoms with Crippen LogP contribution in [0.3, 0.4) is 0 Å². The van der Waals surface area contributed by atoms with Gasteiger partial charge in [-0.1, -0.05) is 154 Å². The first-order valence-corrected chi connectivity index (χ1v) is 21.5. The van der Waals surface area contributed by atoms with Gasteiger partial charge in [0.1, 0.15) is 0 Å². The van der Waals surface area contributed by atoms with E-state index in [1.807, 2.05) is 19.0 Å². The van der Waals surface area contributed by atoms with E-state index < -0.39 is 7.82 Å². The predicted octanol–water partition coefficient (Wildman–Crippen LogP) is 13.8. The van der Waals surface area contributed by atoms with E-state index in [0.717, 1.165) is 25.7 Å². The minimum Gasteiger partial charge on any atom is -0.307 e. The summed E-state index contributed by atoms with van der Waals surface area (Å²) < 4.78 is 30.3. The number of hydrogen-bond donors (Lipinski definition) is 0. The van der Waals surface area contributed by atoms with Gasteiger partial charge in [0.05, 0.1) is 19.8 Å². The molecule has 0 atom stereocenters. The molecule has 0 fully saturated rings. The summed E-state index contributed by atoms with van der Waals surface area (Å²) in [6.45, 7) is 6.47. The molecule has 274 valence electrons. The molecule has 0 aromatic rings. The molecule has 0 rings (SSSR count). The van der Waals surface area contributed by atoms with Crippen molar-refractivity contribution < 1.29 is 18.1 Å². The van der Waals surface area contributed by atoms with Crippen LogP contribution in [0, 0.1) is 0 Å². The molecule has 0 saturated carbocycles. The Morgan fingerprint density at radius 3 is 1.02 bits per heavy atom. The number of allylic oxidation sites excluding steroid dienone is 4. The van der Waals surface area contributed by atoms with Crippen molar-refractivity contribution in [2.24, 2.45) is 0 Å². The Morgan fingerprint density at radius 1 is 0.413 bits per heavy atom. The van der Waals surface area contributed by atoms with Crippen LogP contribution in [0.4, 0.5) is 0 Å². The van der Waals surface area contributed by atoms with E-state index in [-0.39, 0.29) is 0 Å². The molecular weight excluding hydrogens is 589 g/mol. The molecule has 0 bridgehead atoms. The van der Waals surface area contributed by atoms with Gasteiger partial charge in [-0.25, -0.2) is 4.57 Å². The van der Waals surface area contributed by atoms with E-state index in [4.69, 9.17) is 13.6 Å². The van der Waals surface area contributed by atoms with Gasteiger partial charge in [0.25, 0.3) is 0 Å². The molecule has 0 amide bonds. The summed E-state index contributed by atoms with van der Waals surface area (Å²) in [6, 6.07) is 0. The van der Waals surface area contributed by atoms with Crippen molar-refractivity contribution in [3.8, 4) is 0 Å². The second-order valence-corrected chi connectivity index (χ2v) is 15.3. The lowest BCUT2D eigenvalue weighted by Gasteiger charge is -2.19. The lowest BCUT2D eigenvalue weighted by Crippen LogP contribution is -2.18. The zero-order valence-corrected chi connectivity index (χ0v) is 32.4. The third-order valence-electron chi connectivity index (χ3n) is 8.60. The van der Waals surface area contributed by atoms with Gasteiger partial charge in [-0.05, 0) is 78.3 Å². The number of phosphoric ester groups is 1. The molecular formula is C40H80NO4P. The topological polar surface area (TPSA) is 48.0 Å². The second-order valence-electron chi connectivity index (χ2n) is 13.6. The van der Waals surface area contributed by atoms with Crippen molar-refractivity contribution in [2.45, 2.75) is 194 Å². The lowest BCUT2D eigenvalue weighted by molar-refractivity contribution is 0.104. The van der Waals surface area contributed by atoms with Crippen LogP contribution in [-0.2, 0) is 18.1 Å². The van der Waals surface area contributed by atoms with E-state index >= 15 is 0 Å². The van der Waals surface area contributed by atoms with Crippen LogP contribution in [0.5, 0.6) is 0 Å². The minimum absolute atomic E-state index is 0.352. The van der Waals surface area contributed by atoms with E-state index in [1.54, 1.807) is 0 Å². The summed E-state index contributed by atoms with van der Waals surface area (Å²) in [5, 5.41) is 0. The highest BCUT2D eigenvalue weighted by atomic mass is 31.2. The van der Waals surface area contributed by atoms with Crippen LogP contribution in [-0.4, -0.2) is 45.4 Å². The fourth-order valence-electron chi connectivity index (χ4n) is 5.50. The number of unbranched alkanes of at least 4 members (excludes halogenated alkanes) is 24. The van der Waals surface area contributed by atoms with E-state index in [0.29, 0.717) is 26.4 Å². The van der Waals surface area contributed by atoms with Crippen molar-refractivity contribution >= 4 is 7.82 Å². The van der Waals surface area contributed by atoms with Crippen LogP contribution < -0.4 is 0 Å². The zero-order valence-electron chi connectivity index (χ0n) is 31.5. The molecule has 46 heavy (non-hydrogen) atoms. The first-order valence-electron chi connectivity index (χ1n) is 20.0. The molecule has 0 radical (unpaired) electrons. The average Bonchev–Trinajstić information content (AvgIpc) is 3.04. The third-order valence-corrected chi connectivity index (χ3v) is 10.1. The number of hydrogen-bond acceptors (Lipinski definition) is 5. The smallest absolute Gasteiger partial charge is 0.307 e. The normalized spacial score (nSPS) is 12.5. The molecule has 0 aromatic carbocycles. The van der Waals surface area contributed by atoms with Gasteiger partial charge in [0.15, 0.2) is 0 Å². The number of likely N-dealkylation sites (N-methyl/N-ethyl adjacent to an activating group) is 1. The van der Waals surface area contributed by atoms with Gasteiger partial charge >= 0.3 is 7.82 Å². The maximum Gasteiger partial charge on any atom is 0.474 e. The van der Waals surface area contributed by atoms with Crippen molar-refractivity contribution in [1.82, 2.24) is 4.90 Å². The fourth-order valence-corrected chi connectivity index (χ4v) is 6.73. The zero-order chi connectivity index (χ0) is 33.7. The Balaban J connectivity index is 3.83. The van der Waals surface area contributed by atoms with Gasteiger partial charge in [0, 0.05) is 6.54 Å². The van der Waals surface area contributed by atoms with Gasteiger partial charge in [-0.15, -0.1) is 0 Å². The third kappa shape index (κ3) is 36.4. The molecule has 0 N–H and O–H groups in total. The highest BCUT2D eigenvalue weighted by Crippen LogP contribution is 2.49. The molecule has 0 aliphatic carbocycles. The summed E-state index contributed by atoms with van der Waals surface area (Å²) in [7, 11) is 0.466. The first kappa shape index (κ1) is 45.6. The van der Waals surface area contributed by atoms with Gasteiger partial charge in [-0.2, -0.15) is 0 Å². The second kappa shape index (κ2) is 37.4. The maximum absolute atomic E-state index is 13.2. The Morgan fingerprint density at radius 2 is 0.696 bits per heavy atom. The summed E-state index contributed by atoms with van der Waals surface area (Å²) in [5.41, 5.74) is 0. The van der Waals surface area contributed by atoms with E-state index in [9.17, 15) is 4.57 Å². The van der Waals surface area contributed by atoms with E-state index in [2.05, 4.69) is 38.2 Å². The molecule has 0 aliphatic heterocycles. The summed E-state index contributed by atoms with van der Waals surface area (Å²) in [6.07, 6.45) is 45.0. The van der Waals surface area contributed by atoms with Gasteiger partial charge < -0.3 is 4.90 Å². The van der Waals surface area contributed by atoms with Crippen LogP contribution in [0.2, 0.25) is 0 Å². The molecule has 0 saturated heterocycles. The molecule has 0 heterocycles. The van der Waals surface area contributed by atoms with Crippen molar-refractivity contribution in [3.05, 3.63) is 24.3 Å². The highest BCUT2D eigenvalue weighted by molar-refractivity contribution is 7.48. The monoisotopic (exact) mass is 670 g/mol. The number of rotatable bonds is 38. The minimum atomic E-state index is -3.50. The molecule has 0 spiro atoms. The maximum atomic E-state index is 13.2. The van der Waals surface area contributed by atoms with Crippen LogP contribution in [0.25, 0.3) is 0 Å². The van der Waals surface area contributed by atoms with Crippen molar-refractivity contribution in [3.63, 3.8) is 0 Å². The Hall–Kier alpha value is -0.450. The highest BCUT2D eigenvalue weighted by Gasteiger charge is 2.26. The summed E-state index contributed by atoms with van der Waals surface area (Å²) in [5.74, 6) is 0. The SMILES string of the molecule is CCCCCCCC/C=C\CCCCCCCCOP(=O)(OCCCCCCCC/C=C\CCCCCCCC)OCCN(C)C. The quantitative estimate of drug-likeness (QED) is 0.0372. The fraction of sp³-hybridized carbons (Fsp3) is 0.900. The Bertz CT molecular complexity index is 649. The van der Waals surface area contributed by atoms with Gasteiger partial charge in [-0.3, -0.25) is 13.6 Å². The van der Waals surface area contributed by atoms with E-state index in [1.165, 1.54) is 154 Å². The summed E-state index contributed by atoms with van der Waals surface area (Å²) in [4.78, 5) is 2.02. The van der Waals surface area contributed by atoms with Crippen molar-refractivity contribution in [1.29, 1.82) is 0 Å². The average molecular weight is 670 g/mol. The first-order chi connectivity index (χ1) is 22.5. The Kier molecular flexibility index (Phi) is 37.0. The summed E-state index contributed by atoms with van der Waals surface area (Å²) >= 11 is 0. The standard InChI is InChI=1S/C40H80NO4P/c1-5-7-9-11-13-15-17-19-21-23-25-27-29-31-33-35-38-43-46(42,45-40-37-41(3)4)44-39-36-34-32-30-28-26-24-22-20-18-16-14-12-10-8-6-2/h19-22H,5-18,23-40H2,1-4H3/b21-19-,22-20-.